The summed E-state index contributed by atoms with van der Waals surface area (Å²) in [5.74, 6) is 1.75. The molecule has 1 saturated carbocycles. The predicted molar refractivity (Wildman–Crippen MR) is 86.5 cm³/mol. The number of benzene rings is 1. The molecule has 0 heterocycles. The van der Waals surface area contributed by atoms with Crippen molar-refractivity contribution in [3.8, 4) is 5.75 Å². The highest BCUT2D eigenvalue weighted by molar-refractivity contribution is 6.21. The molecule has 1 unspecified atom stereocenters. The Kier molecular flexibility index (Phi) is 6.35. The molecule has 1 aliphatic rings. The summed E-state index contributed by atoms with van der Waals surface area (Å²) in [6.07, 6.45) is 8.75. The normalized spacial score (nSPS) is 23.8. The maximum atomic E-state index is 13.5. The van der Waals surface area contributed by atoms with Crippen molar-refractivity contribution in [2.45, 2.75) is 57.2 Å². The van der Waals surface area contributed by atoms with Crippen molar-refractivity contribution in [2.75, 3.05) is 7.11 Å². The maximum absolute atomic E-state index is 13.5. The van der Waals surface area contributed by atoms with Crippen LogP contribution in [-0.2, 0) is 0 Å². The molecule has 0 radical (unpaired) electrons. The number of alkyl halides is 1. The van der Waals surface area contributed by atoms with Gasteiger partial charge in [0.1, 0.15) is 11.6 Å². The number of hydrogen-bond acceptors (Lipinski definition) is 1. The number of unbranched alkanes of at least 4 members (excludes halogenated alkanes) is 1. The zero-order valence-electron chi connectivity index (χ0n) is 13.1. The molecule has 1 aromatic carbocycles. The predicted octanol–water partition coefficient (Wildman–Crippen LogP) is 6.11. The van der Waals surface area contributed by atoms with Gasteiger partial charge in [-0.1, -0.05) is 39.0 Å². The van der Waals surface area contributed by atoms with Gasteiger partial charge in [-0.25, -0.2) is 4.39 Å². The first kappa shape index (κ1) is 16.6. The molecule has 0 saturated heterocycles. The Morgan fingerprint density at radius 3 is 2.62 bits per heavy atom. The van der Waals surface area contributed by atoms with Crippen LogP contribution in [0.4, 0.5) is 4.39 Å². The van der Waals surface area contributed by atoms with E-state index in [0.29, 0.717) is 11.7 Å². The van der Waals surface area contributed by atoms with Gasteiger partial charge in [0.05, 0.1) is 12.5 Å². The first-order chi connectivity index (χ1) is 10.2. The summed E-state index contributed by atoms with van der Waals surface area (Å²) in [5.41, 5.74) is 0.802. The van der Waals surface area contributed by atoms with Gasteiger partial charge in [-0.3, -0.25) is 0 Å². The Labute approximate surface area is 132 Å². The van der Waals surface area contributed by atoms with Crippen LogP contribution in [0.2, 0.25) is 0 Å². The molecule has 0 aromatic heterocycles. The molecule has 0 amide bonds. The Balaban J connectivity index is 1.98. The molecule has 0 spiro atoms. The van der Waals surface area contributed by atoms with Crippen molar-refractivity contribution >= 4 is 11.6 Å². The summed E-state index contributed by atoms with van der Waals surface area (Å²) in [6.45, 7) is 2.25. The van der Waals surface area contributed by atoms with Crippen LogP contribution in [0.3, 0.4) is 0 Å². The van der Waals surface area contributed by atoms with Gasteiger partial charge >= 0.3 is 0 Å². The summed E-state index contributed by atoms with van der Waals surface area (Å²) in [7, 11) is 1.61. The maximum Gasteiger partial charge on any atom is 0.123 e. The van der Waals surface area contributed by atoms with Crippen LogP contribution in [0.15, 0.2) is 18.2 Å². The van der Waals surface area contributed by atoms with Crippen molar-refractivity contribution in [1.82, 2.24) is 0 Å². The summed E-state index contributed by atoms with van der Waals surface area (Å²) in [6, 6.07) is 4.63. The molecule has 3 heteroatoms. The van der Waals surface area contributed by atoms with E-state index in [1.54, 1.807) is 13.2 Å². The smallest absolute Gasteiger partial charge is 0.123 e. The van der Waals surface area contributed by atoms with E-state index in [4.69, 9.17) is 16.3 Å². The third-order valence-corrected chi connectivity index (χ3v) is 5.35. The average molecular weight is 313 g/mol. The van der Waals surface area contributed by atoms with Gasteiger partial charge in [0.15, 0.2) is 0 Å². The first-order valence-electron chi connectivity index (χ1n) is 8.13. The van der Waals surface area contributed by atoms with Crippen molar-refractivity contribution in [3.63, 3.8) is 0 Å². The largest absolute Gasteiger partial charge is 0.496 e. The van der Waals surface area contributed by atoms with E-state index in [1.165, 1.54) is 44.2 Å². The molecule has 1 nitrogen and oxygen atoms in total. The number of rotatable bonds is 6. The van der Waals surface area contributed by atoms with Gasteiger partial charge in [0, 0.05) is 5.56 Å². The van der Waals surface area contributed by atoms with Gasteiger partial charge in [0.25, 0.3) is 0 Å². The second-order valence-electron chi connectivity index (χ2n) is 6.21. The Hall–Kier alpha value is -0.760. The number of hydrogen-bond donors (Lipinski definition) is 0. The molecule has 1 aromatic rings. The van der Waals surface area contributed by atoms with Crippen molar-refractivity contribution in [3.05, 3.63) is 29.6 Å². The van der Waals surface area contributed by atoms with E-state index in [2.05, 4.69) is 6.92 Å². The van der Waals surface area contributed by atoms with Crippen molar-refractivity contribution in [1.29, 1.82) is 0 Å². The molecule has 1 atom stereocenters. The van der Waals surface area contributed by atoms with E-state index >= 15 is 0 Å². The average Bonchev–Trinajstić information content (AvgIpc) is 2.52. The molecular formula is C18H26ClFO. The SMILES string of the molecule is CCCCC1CCC(C(Cl)c2cc(F)ccc2OC)CC1. The van der Waals surface area contributed by atoms with Crippen LogP contribution in [-0.4, -0.2) is 7.11 Å². The zero-order valence-corrected chi connectivity index (χ0v) is 13.8. The van der Waals surface area contributed by atoms with Crippen LogP contribution in [0, 0.1) is 17.7 Å². The lowest BCUT2D eigenvalue weighted by Crippen LogP contribution is -2.18. The van der Waals surface area contributed by atoms with E-state index in [0.717, 1.165) is 24.3 Å². The van der Waals surface area contributed by atoms with Crippen molar-refractivity contribution in [2.24, 2.45) is 11.8 Å². The second kappa shape index (κ2) is 8.03. The number of halogens is 2. The molecule has 1 aliphatic carbocycles. The monoisotopic (exact) mass is 312 g/mol. The fraction of sp³-hybridized carbons (Fsp3) is 0.667. The van der Waals surface area contributed by atoms with E-state index < -0.39 is 0 Å². The Morgan fingerprint density at radius 1 is 1.29 bits per heavy atom. The summed E-state index contributed by atoms with van der Waals surface area (Å²) in [4.78, 5) is 0. The number of ether oxygens (including phenoxy) is 1. The fourth-order valence-corrected chi connectivity index (χ4v) is 3.86. The highest BCUT2D eigenvalue weighted by Gasteiger charge is 2.29. The Bertz CT molecular complexity index is 441. The molecule has 0 N–H and O–H groups in total. The topological polar surface area (TPSA) is 9.23 Å². The zero-order chi connectivity index (χ0) is 15.2. The quantitative estimate of drug-likeness (QED) is 0.576. The van der Waals surface area contributed by atoms with E-state index in [1.807, 2.05) is 0 Å². The minimum Gasteiger partial charge on any atom is -0.496 e. The minimum atomic E-state index is -0.243. The molecule has 0 bridgehead atoms. The lowest BCUT2D eigenvalue weighted by molar-refractivity contribution is 0.252. The number of methoxy groups -OCH3 is 1. The summed E-state index contributed by atoms with van der Waals surface area (Å²) < 4.78 is 18.8. The van der Waals surface area contributed by atoms with Crippen LogP contribution < -0.4 is 4.74 Å². The van der Waals surface area contributed by atoms with Gasteiger partial charge < -0.3 is 4.74 Å². The highest BCUT2D eigenvalue weighted by atomic mass is 35.5. The molecule has 21 heavy (non-hydrogen) atoms. The van der Waals surface area contributed by atoms with Gasteiger partial charge in [-0.15, -0.1) is 11.6 Å². The van der Waals surface area contributed by atoms with Gasteiger partial charge in [0.2, 0.25) is 0 Å². The van der Waals surface area contributed by atoms with Crippen LogP contribution >= 0.6 is 11.6 Å². The van der Waals surface area contributed by atoms with Crippen molar-refractivity contribution < 1.29 is 9.13 Å². The van der Waals surface area contributed by atoms with E-state index in [-0.39, 0.29) is 11.2 Å². The standard InChI is InChI=1S/C18H26ClFO/c1-3-4-5-13-6-8-14(9-7-13)18(19)16-12-15(20)10-11-17(16)21-2/h10-14,18H,3-9H2,1-2H3. The third-order valence-electron chi connectivity index (χ3n) is 4.76. The van der Waals surface area contributed by atoms with Crippen LogP contribution in [0.1, 0.15) is 62.8 Å². The summed E-state index contributed by atoms with van der Waals surface area (Å²) in [5, 5.41) is -0.150. The lowest BCUT2D eigenvalue weighted by atomic mass is 9.77. The first-order valence-corrected chi connectivity index (χ1v) is 8.56. The van der Waals surface area contributed by atoms with E-state index in [9.17, 15) is 4.39 Å². The minimum absolute atomic E-state index is 0.150. The molecule has 1 fully saturated rings. The Morgan fingerprint density at radius 2 is 2.00 bits per heavy atom. The van der Waals surface area contributed by atoms with Crippen LogP contribution in [0.5, 0.6) is 5.75 Å². The molecule has 2 rings (SSSR count). The lowest BCUT2D eigenvalue weighted by Gasteiger charge is -2.32. The second-order valence-corrected chi connectivity index (χ2v) is 6.68. The highest BCUT2D eigenvalue weighted by Crippen LogP contribution is 2.44. The fourth-order valence-electron chi connectivity index (χ4n) is 3.44. The third kappa shape index (κ3) is 4.35. The van der Waals surface area contributed by atoms with Crippen LogP contribution in [0.25, 0.3) is 0 Å². The van der Waals surface area contributed by atoms with Gasteiger partial charge in [-0.2, -0.15) is 0 Å². The molecule has 0 aliphatic heterocycles. The molecular weight excluding hydrogens is 287 g/mol. The molecule has 118 valence electrons. The summed E-state index contributed by atoms with van der Waals surface area (Å²) >= 11 is 6.65. The van der Waals surface area contributed by atoms with Gasteiger partial charge in [-0.05, 0) is 42.9 Å².